The highest BCUT2D eigenvalue weighted by atomic mass is 79.9. The van der Waals surface area contributed by atoms with Crippen LogP contribution in [0.15, 0.2) is 41.1 Å². The number of nitrogens with zero attached hydrogens (tertiary/aromatic N) is 1. The molecule has 1 N–H and O–H groups in total. The molecule has 3 nitrogen and oxygen atoms in total. The Hall–Kier alpha value is -1.10. The predicted molar refractivity (Wildman–Crippen MR) is 76.4 cm³/mol. The average Bonchev–Trinajstić information content (AvgIpc) is 2.33. The van der Waals surface area contributed by atoms with Gasteiger partial charge in [0, 0.05) is 21.9 Å². The molecule has 1 aromatic heterocycles. The second-order valence-electron chi connectivity index (χ2n) is 3.43. The van der Waals surface area contributed by atoms with Crippen molar-refractivity contribution >= 4 is 50.7 Å². The van der Waals surface area contributed by atoms with E-state index >= 15 is 0 Å². The summed E-state index contributed by atoms with van der Waals surface area (Å²) in [5, 5.41) is 3.63. The smallest absolute Gasteiger partial charge is 0.257 e. The van der Waals surface area contributed by atoms with Crippen molar-refractivity contribution in [1.82, 2.24) is 4.98 Å². The van der Waals surface area contributed by atoms with Gasteiger partial charge in [0.2, 0.25) is 0 Å². The fourth-order valence-corrected chi connectivity index (χ4v) is 2.33. The number of halogens is 3. The van der Waals surface area contributed by atoms with Gasteiger partial charge >= 0.3 is 0 Å². The quantitative estimate of drug-likeness (QED) is 0.876. The first-order valence-corrected chi connectivity index (χ1v) is 6.49. The number of aromatic nitrogens is 1. The molecule has 92 valence electrons. The Labute approximate surface area is 122 Å². The van der Waals surface area contributed by atoms with Gasteiger partial charge in [0.1, 0.15) is 0 Å². The number of carbonyl (C=O) groups excluding carboxylic acids is 1. The molecule has 0 atom stereocenters. The molecule has 1 heterocycles. The third kappa shape index (κ3) is 3.02. The van der Waals surface area contributed by atoms with Crippen molar-refractivity contribution in [3.8, 4) is 0 Å². The first-order chi connectivity index (χ1) is 8.58. The number of pyridine rings is 1. The zero-order valence-corrected chi connectivity index (χ0v) is 12.1. The van der Waals surface area contributed by atoms with Gasteiger partial charge in [0.15, 0.2) is 0 Å². The standard InChI is InChI=1S/C12H7BrCl2N2O/c13-9-5-7(14)1-2-11(9)17-12(18)8-3-4-16-6-10(8)15/h1-6H,(H,17,18). The van der Waals surface area contributed by atoms with Gasteiger partial charge in [-0.1, -0.05) is 23.2 Å². The Balaban J connectivity index is 2.24. The van der Waals surface area contributed by atoms with E-state index in [0.717, 1.165) is 0 Å². The summed E-state index contributed by atoms with van der Waals surface area (Å²) in [6.07, 6.45) is 2.94. The summed E-state index contributed by atoms with van der Waals surface area (Å²) in [4.78, 5) is 15.8. The van der Waals surface area contributed by atoms with Crippen LogP contribution in [0.2, 0.25) is 10.0 Å². The van der Waals surface area contributed by atoms with Gasteiger partial charge in [-0.15, -0.1) is 0 Å². The molecule has 0 unspecified atom stereocenters. The number of benzene rings is 1. The molecule has 0 spiro atoms. The maximum absolute atomic E-state index is 12.0. The van der Waals surface area contributed by atoms with E-state index in [2.05, 4.69) is 26.2 Å². The lowest BCUT2D eigenvalue weighted by molar-refractivity contribution is 0.102. The molecule has 1 aromatic carbocycles. The van der Waals surface area contributed by atoms with Crippen molar-refractivity contribution in [2.24, 2.45) is 0 Å². The number of amides is 1. The van der Waals surface area contributed by atoms with E-state index in [1.165, 1.54) is 12.4 Å². The van der Waals surface area contributed by atoms with Gasteiger partial charge in [0.05, 0.1) is 16.3 Å². The number of hydrogen-bond donors (Lipinski definition) is 1. The van der Waals surface area contributed by atoms with Crippen molar-refractivity contribution in [2.45, 2.75) is 0 Å². The predicted octanol–water partition coefficient (Wildman–Crippen LogP) is 4.40. The lowest BCUT2D eigenvalue weighted by atomic mass is 10.2. The number of hydrogen-bond acceptors (Lipinski definition) is 2. The van der Waals surface area contributed by atoms with Crippen molar-refractivity contribution in [3.05, 3.63) is 56.7 Å². The Morgan fingerprint density at radius 2 is 2.06 bits per heavy atom. The molecule has 18 heavy (non-hydrogen) atoms. The number of carbonyl (C=O) groups is 1. The van der Waals surface area contributed by atoms with Gasteiger partial charge in [-0.3, -0.25) is 9.78 Å². The molecule has 0 bridgehead atoms. The SMILES string of the molecule is O=C(Nc1ccc(Cl)cc1Br)c1ccncc1Cl. The summed E-state index contributed by atoms with van der Waals surface area (Å²) < 4.78 is 0.702. The monoisotopic (exact) mass is 344 g/mol. The van der Waals surface area contributed by atoms with Gasteiger partial charge in [-0.25, -0.2) is 0 Å². The third-order valence-electron chi connectivity index (χ3n) is 2.20. The van der Waals surface area contributed by atoms with Gasteiger partial charge < -0.3 is 5.32 Å². The maximum Gasteiger partial charge on any atom is 0.257 e. The average molecular weight is 346 g/mol. The fraction of sp³-hybridized carbons (Fsp3) is 0. The lowest BCUT2D eigenvalue weighted by Gasteiger charge is -2.08. The van der Waals surface area contributed by atoms with E-state index in [1.807, 2.05) is 0 Å². The van der Waals surface area contributed by atoms with Crippen molar-refractivity contribution in [3.63, 3.8) is 0 Å². The molecule has 0 saturated carbocycles. The highest BCUT2D eigenvalue weighted by Gasteiger charge is 2.11. The zero-order chi connectivity index (χ0) is 13.1. The van der Waals surface area contributed by atoms with E-state index in [9.17, 15) is 4.79 Å². The van der Waals surface area contributed by atoms with Gasteiger partial charge in [-0.2, -0.15) is 0 Å². The van der Waals surface area contributed by atoms with Crippen LogP contribution in [0.5, 0.6) is 0 Å². The van der Waals surface area contributed by atoms with Crippen LogP contribution in [0, 0.1) is 0 Å². The minimum absolute atomic E-state index is 0.301. The van der Waals surface area contributed by atoms with Crippen LogP contribution in [0.1, 0.15) is 10.4 Å². The Morgan fingerprint density at radius 3 is 2.72 bits per heavy atom. The summed E-state index contributed by atoms with van der Waals surface area (Å²) in [7, 11) is 0. The van der Waals surface area contributed by atoms with Gasteiger partial charge in [-0.05, 0) is 40.2 Å². The first-order valence-electron chi connectivity index (χ1n) is 4.94. The molecule has 0 fully saturated rings. The molecule has 0 aliphatic rings. The van der Waals surface area contributed by atoms with Crippen molar-refractivity contribution < 1.29 is 4.79 Å². The largest absolute Gasteiger partial charge is 0.321 e. The molecule has 0 aliphatic heterocycles. The second kappa shape index (κ2) is 5.69. The first kappa shape index (κ1) is 13.3. The van der Waals surface area contributed by atoms with Gasteiger partial charge in [0.25, 0.3) is 5.91 Å². The number of rotatable bonds is 2. The van der Waals surface area contributed by atoms with Crippen molar-refractivity contribution in [1.29, 1.82) is 0 Å². The normalized spacial score (nSPS) is 10.2. The summed E-state index contributed by atoms with van der Waals surface area (Å²) in [6.45, 7) is 0. The molecule has 0 saturated heterocycles. The van der Waals surface area contributed by atoms with Crippen LogP contribution in [0.3, 0.4) is 0 Å². The molecule has 6 heteroatoms. The topological polar surface area (TPSA) is 42.0 Å². The number of nitrogens with one attached hydrogen (secondary N) is 1. The highest BCUT2D eigenvalue weighted by Crippen LogP contribution is 2.26. The molecule has 0 radical (unpaired) electrons. The lowest BCUT2D eigenvalue weighted by Crippen LogP contribution is -2.12. The molecule has 2 aromatic rings. The van der Waals surface area contributed by atoms with Crippen LogP contribution in [0.4, 0.5) is 5.69 Å². The summed E-state index contributed by atoms with van der Waals surface area (Å²) in [5.74, 6) is -0.301. The Morgan fingerprint density at radius 1 is 1.28 bits per heavy atom. The second-order valence-corrected chi connectivity index (χ2v) is 5.13. The van der Waals surface area contributed by atoms with Crippen LogP contribution in [0.25, 0.3) is 0 Å². The van der Waals surface area contributed by atoms with E-state index in [4.69, 9.17) is 23.2 Å². The van der Waals surface area contributed by atoms with E-state index in [-0.39, 0.29) is 5.91 Å². The maximum atomic E-state index is 12.0. The van der Waals surface area contributed by atoms with Crippen LogP contribution >= 0.6 is 39.1 Å². The fourth-order valence-electron chi connectivity index (χ4n) is 1.34. The zero-order valence-electron chi connectivity index (χ0n) is 8.95. The molecule has 1 amide bonds. The van der Waals surface area contributed by atoms with E-state index < -0.39 is 0 Å². The summed E-state index contributed by atoms with van der Waals surface area (Å²) >= 11 is 15.0. The van der Waals surface area contributed by atoms with Crippen LogP contribution < -0.4 is 5.32 Å². The Kier molecular flexibility index (Phi) is 4.22. The summed E-state index contributed by atoms with van der Waals surface area (Å²) in [5.41, 5.74) is 0.991. The minimum atomic E-state index is -0.301. The van der Waals surface area contributed by atoms with Crippen LogP contribution in [-0.2, 0) is 0 Å². The number of anilines is 1. The molecule has 0 aliphatic carbocycles. The molecule has 2 rings (SSSR count). The third-order valence-corrected chi connectivity index (χ3v) is 3.39. The Bertz CT molecular complexity index is 604. The summed E-state index contributed by atoms with van der Waals surface area (Å²) in [6, 6.07) is 6.66. The van der Waals surface area contributed by atoms with Crippen LogP contribution in [-0.4, -0.2) is 10.9 Å². The molecular formula is C12H7BrCl2N2O. The van der Waals surface area contributed by atoms with Crippen molar-refractivity contribution in [2.75, 3.05) is 5.32 Å². The minimum Gasteiger partial charge on any atom is -0.321 e. The highest BCUT2D eigenvalue weighted by molar-refractivity contribution is 9.10. The molecular weight excluding hydrogens is 339 g/mol. The van der Waals surface area contributed by atoms with E-state index in [1.54, 1.807) is 24.3 Å². The van der Waals surface area contributed by atoms with E-state index in [0.29, 0.717) is 25.8 Å².